The van der Waals surface area contributed by atoms with Crippen molar-refractivity contribution in [2.24, 2.45) is 5.92 Å². The lowest BCUT2D eigenvalue weighted by atomic mass is 10.0. The van der Waals surface area contributed by atoms with E-state index in [1.165, 1.54) is 6.54 Å². The third kappa shape index (κ3) is 4.12. The molecular formula is C10H21ClN2. The first-order valence-corrected chi connectivity index (χ1v) is 4.80. The molecule has 0 aromatic heterocycles. The second-order valence-corrected chi connectivity index (χ2v) is 3.85. The zero-order valence-corrected chi connectivity index (χ0v) is 9.44. The molecule has 0 aromatic carbocycles. The van der Waals surface area contributed by atoms with Gasteiger partial charge in [0.15, 0.2) is 0 Å². The van der Waals surface area contributed by atoms with Crippen LogP contribution in [0, 0.1) is 5.92 Å². The summed E-state index contributed by atoms with van der Waals surface area (Å²) in [5, 5.41) is 3.53. The minimum atomic E-state index is 0. The first kappa shape index (κ1) is 12.9. The van der Waals surface area contributed by atoms with E-state index in [1.54, 1.807) is 0 Å². The number of hydrogen-bond donors (Lipinski definition) is 1. The van der Waals surface area contributed by atoms with E-state index in [9.17, 15) is 0 Å². The molecule has 3 heteroatoms. The molecule has 0 saturated carbocycles. The molecule has 13 heavy (non-hydrogen) atoms. The van der Waals surface area contributed by atoms with Crippen LogP contribution in [0.5, 0.6) is 0 Å². The summed E-state index contributed by atoms with van der Waals surface area (Å²) in [5.41, 5.74) is 0. The molecule has 1 N–H and O–H groups in total. The van der Waals surface area contributed by atoms with Gasteiger partial charge in [-0.2, -0.15) is 0 Å². The van der Waals surface area contributed by atoms with Gasteiger partial charge in [0.2, 0.25) is 0 Å². The minimum absolute atomic E-state index is 0. The summed E-state index contributed by atoms with van der Waals surface area (Å²) in [7, 11) is 0. The van der Waals surface area contributed by atoms with Crippen molar-refractivity contribution >= 4 is 12.4 Å². The van der Waals surface area contributed by atoms with Crippen LogP contribution in [0.4, 0.5) is 0 Å². The first-order valence-electron chi connectivity index (χ1n) is 4.80. The van der Waals surface area contributed by atoms with Crippen molar-refractivity contribution in [1.29, 1.82) is 0 Å². The monoisotopic (exact) mass is 204 g/mol. The van der Waals surface area contributed by atoms with Crippen LogP contribution in [-0.4, -0.2) is 37.1 Å². The fraction of sp³-hybridized carbons (Fsp3) is 0.800. The molecule has 0 bridgehead atoms. The Kier molecular flexibility index (Phi) is 6.39. The fourth-order valence-corrected chi connectivity index (χ4v) is 1.64. The second kappa shape index (κ2) is 6.41. The van der Waals surface area contributed by atoms with Crippen molar-refractivity contribution in [3.63, 3.8) is 0 Å². The maximum atomic E-state index is 3.76. The summed E-state index contributed by atoms with van der Waals surface area (Å²) in [4.78, 5) is 2.45. The van der Waals surface area contributed by atoms with Crippen molar-refractivity contribution in [3.8, 4) is 0 Å². The third-order valence-corrected chi connectivity index (χ3v) is 2.48. The van der Waals surface area contributed by atoms with Crippen LogP contribution in [-0.2, 0) is 0 Å². The molecular weight excluding hydrogens is 184 g/mol. The van der Waals surface area contributed by atoms with E-state index >= 15 is 0 Å². The highest BCUT2D eigenvalue weighted by Gasteiger charge is 2.20. The van der Waals surface area contributed by atoms with Gasteiger partial charge in [-0.05, 0) is 5.92 Å². The van der Waals surface area contributed by atoms with Crippen LogP contribution < -0.4 is 5.32 Å². The molecule has 1 aliphatic rings. The van der Waals surface area contributed by atoms with E-state index in [2.05, 4.69) is 30.6 Å². The molecule has 1 heterocycles. The minimum Gasteiger partial charge on any atom is -0.311 e. The zero-order chi connectivity index (χ0) is 8.97. The van der Waals surface area contributed by atoms with E-state index in [4.69, 9.17) is 0 Å². The standard InChI is InChI=1S/C10H20N2.ClH/c1-4-6-12-7-5-11-10(8-12)9(2)3;/h4,9-11H,1,5-8H2,2-3H3;1H/t10-;/m1./s1. The van der Waals surface area contributed by atoms with E-state index < -0.39 is 0 Å². The summed E-state index contributed by atoms with van der Waals surface area (Å²) < 4.78 is 0. The highest BCUT2D eigenvalue weighted by Crippen LogP contribution is 2.07. The van der Waals surface area contributed by atoms with Gasteiger partial charge in [-0.1, -0.05) is 19.9 Å². The predicted molar refractivity (Wildman–Crippen MR) is 60.5 cm³/mol. The van der Waals surface area contributed by atoms with Gasteiger partial charge < -0.3 is 5.32 Å². The van der Waals surface area contributed by atoms with Crippen molar-refractivity contribution in [2.45, 2.75) is 19.9 Å². The van der Waals surface area contributed by atoms with Gasteiger partial charge in [0, 0.05) is 32.2 Å². The largest absolute Gasteiger partial charge is 0.311 e. The van der Waals surface area contributed by atoms with Crippen LogP contribution in [0.15, 0.2) is 12.7 Å². The molecule has 1 saturated heterocycles. The lowest BCUT2D eigenvalue weighted by Gasteiger charge is -2.35. The summed E-state index contributed by atoms with van der Waals surface area (Å²) >= 11 is 0. The van der Waals surface area contributed by atoms with Gasteiger partial charge >= 0.3 is 0 Å². The normalized spacial score (nSPS) is 24.1. The number of hydrogen-bond acceptors (Lipinski definition) is 2. The number of nitrogens with zero attached hydrogens (tertiary/aromatic N) is 1. The quantitative estimate of drug-likeness (QED) is 0.702. The molecule has 0 aromatic rings. The Morgan fingerprint density at radius 1 is 1.62 bits per heavy atom. The molecule has 1 atom stereocenters. The average Bonchev–Trinajstić information content (AvgIpc) is 2.05. The molecule has 0 radical (unpaired) electrons. The molecule has 1 fully saturated rings. The van der Waals surface area contributed by atoms with Gasteiger partial charge in [-0.25, -0.2) is 0 Å². The van der Waals surface area contributed by atoms with Crippen LogP contribution in [0.2, 0.25) is 0 Å². The lowest BCUT2D eigenvalue weighted by molar-refractivity contribution is 0.190. The predicted octanol–water partition coefficient (Wildman–Crippen LogP) is 1.52. The SMILES string of the molecule is C=CCN1CCN[C@@H](C(C)C)C1.Cl. The van der Waals surface area contributed by atoms with Crippen molar-refractivity contribution < 1.29 is 0 Å². The van der Waals surface area contributed by atoms with Gasteiger partial charge in [0.1, 0.15) is 0 Å². The topological polar surface area (TPSA) is 15.3 Å². The number of piperazine rings is 1. The Morgan fingerprint density at radius 3 is 2.85 bits per heavy atom. The average molecular weight is 205 g/mol. The van der Waals surface area contributed by atoms with Crippen LogP contribution in [0.25, 0.3) is 0 Å². The smallest absolute Gasteiger partial charge is 0.0218 e. The Bertz CT molecular complexity index is 148. The first-order chi connectivity index (χ1) is 5.74. The van der Waals surface area contributed by atoms with Gasteiger partial charge in [0.25, 0.3) is 0 Å². The van der Waals surface area contributed by atoms with Crippen LogP contribution in [0.1, 0.15) is 13.8 Å². The number of halogens is 1. The number of nitrogens with one attached hydrogen (secondary N) is 1. The summed E-state index contributed by atoms with van der Waals surface area (Å²) in [6, 6.07) is 0.665. The van der Waals surface area contributed by atoms with Crippen molar-refractivity contribution in [1.82, 2.24) is 10.2 Å². The van der Waals surface area contributed by atoms with Gasteiger partial charge in [0.05, 0.1) is 0 Å². The molecule has 0 unspecified atom stereocenters. The molecule has 0 aliphatic carbocycles. The van der Waals surface area contributed by atoms with Crippen molar-refractivity contribution in [3.05, 3.63) is 12.7 Å². The maximum absolute atomic E-state index is 3.76. The lowest BCUT2D eigenvalue weighted by Crippen LogP contribution is -2.52. The third-order valence-electron chi connectivity index (χ3n) is 2.48. The molecule has 0 amide bonds. The van der Waals surface area contributed by atoms with Crippen molar-refractivity contribution in [2.75, 3.05) is 26.2 Å². The van der Waals surface area contributed by atoms with E-state index in [0.29, 0.717) is 6.04 Å². The highest BCUT2D eigenvalue weighted by molar-refractivity contribution is 5.85. The summed E-state index contributed by atoms with van der Waals surface area (Å²) in [6.07, 6.45) is 1.99. The van der Waals surface area contributed by atoms with Crippen LogP contribution >= 0.6 is 12.4 Å². The molecule has 1 aliphatic heterocycles. The second-order valence-electron chi connectivity index (χ2n) is 3.85. The summed E-state index contributed by atoms with van der Waals surface area (Å²) in [5.74, 6) is 0.734. The van der Waals surface area contributed by atoms with Gasteiger partial charge in [-0.15, -0.1) is 19.0 Å². The van der Waals surface area contributed by atoms with E-state index in [-0.39, 0.29) is 12.4 Å². The Morgan fingerprint density at radius 2 is 2.31 bits per heavy atom. The summed E-state index contributed by atoms with van der Waals surface area (Å²) in [6.45, 7) is 12.8. The van der Waals surface area contributed by atoms with E-state index in [1.807, 2.05) is 6.08 Å². The highest BCUT2D eigenvalue weighted by atomic mass is 35.5. The maximum Gasteiger partial charge on any atom is 0.0218 e. The number of rotatable bonds is 3. The van der Waals surface area contributed by atoms with E-state index in [0.717, 1.165) is 25.6 Å². The molecule has 0 spiro atoms. The Balaban J connectivity index is 0.00000144. The Hall–Kier alpha value is -0.0500. The molecule has 78 valence electrons. The fourth-order valence-electron chi connectivity index (χ4n) is 1.64. The molecule has 1 rings (SSSR count). The van der Waals surface area contributed by atoms with Crippen LogP contribution in [0.3, 0.4) is 0 Å². The van der Waals surface area contributed by atoms with Gasteiger partial charge in [-0.3, -0.25) is 4.90 Å². The Labute approximate surface area is 87.8 Å². The zero-order valence-electron chi connectivity index (χ0n) is 8.62. The molecule has 2 nitrogen and oxygen atoms in total.